The van der Waals surface area contributed by atoms with E-state index in [4.69, 9.17) is 20.1 Å². The molecule has 0 aliphatic rings. The van der Waals surface area contributed by atoms with Crippen molar-refractivity contribution in [2.24, 2.45) is 0 Å². The van der Waals surface area contributed by atoms with Crippen LogP contribution in [0.5, 0.6) is 0 Å². The summed E-state index contributed by atoms with van der Waals surface area (Å²) < 4.78 is 4.89. The number of aliphatic hydroxyl groups excluding tert-OH is 4. The Kier molecular flexibility index (Phi) is 26.4. The van der Waals surface area contributed by atoms with Crippen molar-refractivity contribution in [3.8, 4) is 0 Å². The molecule has 4 N–H and O–H groups in total. The zero-order valence-electron chi connectivity index (χ0n) is 21.9. The standard InChI is InChI=1S/C28H56O6/c29-23-26(31)21-19-17-15-13-11-9-7-5-3-1-2-4-6-8-10-12-14-16-18-20-22-28(33)34-25-27(32)24-30/h26-27,29-32H,1-25H2. The van der Waals surface area contributed by atoms with Crippen LogP contribution in [0.2, 0.25) is 0 Å². The van der Waals surface area contributed by atoms with Gasteiger partial charge in [-0.25, -0.2) is 0 Å². The van der Waals surface area contributed by atoms with E-state index >= 15 is 0 Å². The first-order valence-electron chi connectivity index (χ1n) is 14.3. The minimum atomic E-state index is -0.966. The maximum absolute atomic E-state index is 11.5. The van der Waals surface area contributed by atoms with Crippen molar-refractivity contribution < 1.29 is 30.0 Å². The van der Waals surface area contributed by atoms with Crippen LogP contribution < -0.4 is 0 Å². The molecule has 6 nitrogen and oxygen atoms in total. The fraction of sp³-hybridized carbons (Fsp3) is 0.964. The summed E-state index contributed by atoms with van der Waals surface area (Å²) >= 11 is 0. The topological polar surface area (TPSA) is 107 Å². The Balaban J connectivity index is 3.12. The molecule has 2 atom stereocenters. The van der Waals surface area contributed by atoms with Gasteiger partial charge < -0.3 is 25.2 Å². The summed E-state index contributed by atoms with van der Waals surface area (Å²) in [6.07, 6.45) is 25.0. The highest BCUT2D eigenvalue weighted by Crippen LogP contribution is 2.15. The van der Waals surface area contributed by atoms with E-state index in [2.05, 4.69) is 0 Å². The number of ether oxygens (including phenoxy) is 1. The summed E-state index contributed by atoms with van der Waals surface area (Å²) in [5, 5.41) is 35.9. The molecule has 6 heteroatoms. The molecule has 0 radical (unpaired) electrons. The maximum atomic E-state index is 11.5. The van der Waals surface area contributed by atoms with Crippen LogP contribution in [-0.2, 0) is 9.53 Å². The third-order valence-corrected chi connectivity index (χ3v) is 6.53. The van der Waals surface area contributed by atoms with Gasteiger partial charge in [0, 0.05) is 6.42 Å². The second-order valence-electron chi connectivity index (χ2n) is 9.97. The van der Waals surface area contributed by atoms with Crippen LogP contribution in [0.3, 0.4) is 0 Å². The summed E-state index contributed by atoms with van der Waals surface area (Å²) in [6, 6.07) is 0. The Morgan fingerprint density at radius 1 is 0.500 bits per heavy atom. The van der Waals surface area contributed by atoms with Crippen molar-refractivity contribution >= 4 is 5.97 Å². The normalized spacial score (nSPS) is 13.2. The van der Waals surface area contributed by atoms with Gasteiger partial charge in [-0.1, -0.05) is 122 Å². The molecule has 0 heterocycles. The Morgan fingerprint density at radius 3 is 1.18 bits per heavy atom. The van der Waals surface area contributed by atoms with Gasteiger partial charge >= 0.3 is 5.97 Å². The Labute approximate surface area is 209 Å². The van der Waals surface area contributed by atoms with Crippen molar-refractivity contribution in [1.82, 2.24) is 0 Å². The second kappa shape index (κ2) is 26.9. The lowest BCUT2D eigenvalue weighted by molar-refractivity contribution is -0.147. The van der Waals surface area contributed by atoms with Gasteiger partial charge in [0.15, 0.2) is 0 Å². The molecule has 204 valence electrons. The summed E-state index contributed by atoms with van der Waals surface area (Å²) in [5.41, 5.74) is 0. The van der Waals surface area contributed by atoms with Crippen molar-refractivity contribution in [3.63, 3.8) is 0 Å². The van der Waals surface area contributed by atoms with E-state index in [9.17, 15) is 9.90 Å². The minimum Gasteiger partial charge on any atom is -0.463 e. The highest BCUT2D eigenvalue weighted by molar-refractivity contribution is 5.69. The molecular weight excluding hydrogens is 432 g/mol. The van der Waals surface area contributed by atoms with E-state index in [1.807, 2.05) is 0 Å². The molecule has 0 fully saturated rings. The third kappa shape index (κ3) is 25.9. The number of hydrogen-bond acceptors (Lipinski definition) is 6. The maximum Gasteiger partial charge on any atom is 0.305 e. The first-order chi connectivity index (χ1) is 16.6. The van der Waals surface area contributed by atoms with Gasteiger partial charge in [0.1, 0.15) is 12.7 Å². The molecule has 2 unspecified atom stereocenters. The number of aliphatic hydroxyl groups is 4. The number of carbonyl (C=O) groups excluding carboxylic acids is 1. The van der Waals surface area contributed by atoms with Crippen LogP contribution in [-0.4, -0.2) is 58.4 Å². The zero-order chi connectivity index (χ0) is 25.1. The Hall–Kier alpha value is -0.690. The van der Waals surface area contributed by atoms with E-state index < -0.39 is 12.2 Å². The molecule has 0 aromatic carbocycles. The highest BCUT2D eigenvalue weighted by Gasteiger charge is 2.07. The summed E-state index contributed by atoms with van der Waals surface area (Å²) in [4.78, 5) is 11.5. The third-order valence-electron chi connectivity index (χ3n) is 6.53. The van der Waals surface area contributed by atoms with Crippen LogP contribution in [0.15, 0.2) is 0 Å². The van der Waals surface area contributed by atoms with Crippen molar-refractivity contribution in [3.05, 3.63) is 0 Å². The smallest absolute Gasteiger partial charge is 0.305 e. The van der Waals surface area contributed by atoms with Gasteiger partial charge in [-0.15, -0.1) is 0 Å². The van der Waals surface area contributed by atoms with Gasteiger partial charge in [0.25, 0.3) is 0 Å². The van der Waals surface area contributed by atoms with E-state index in [0.29, 0.717) is 6.42 Å². The fourth-order valence-corrected chi connectivity index (χ4v) is 4.24. The van der Waals surface area contributed by atoms with Crippen LogP contribution in [0.4, 0.5) is 0 Å². The predicted molar refractivity (Wildman–Crippen MR) is 139 cm³/mol. The first kappa shape index (κ1) is 33.3. The van der Waals surface area contributed by atoms with Crippen molar-refractivity contribution in [2.75, 3.05) is 19.8 Å². The van der Waals surface area contributed by atoms with E-state index in [1.165, 1.54) is 109 Å². The molecule has 0 spiro atoms. The monoisotopic (exact) mass is 488 g/mol. The summed E-state index contributed by atoms with van der Waals surface area (Å²) in [5.74, 6) is -0.285. The largest absolute Gasteiger partial charge is 0.463 e. The number of rotatable bonds is 27. The lowest BCUT2D eigenvalue weighted by Gasteiger charge is -2.08. The Bertz CT molecular complexity index is 418. The molecule has 0 amide bonds. The first-order valence-corrected chi connectivity index (χ1v) is 14.3. The number of carbonyl (C=O) groups is 1. The average molecular weight is 489 g/mol. The van der Waals surface area contributed by atoms with Gasteiger partial charge in [0.05, 0.1) is 19.3 Å². The van der Waals surface area contributed by atoms with Crippen LogP contribution in [0.25, 0.3) is 0 Å². The van der Waals surface area contributed by atoms with E-state index in [1.54, 1.807) is 0 Å². The number of hydrogen-bond donors (Lipinski definition) is 4. The molecule has 0 aliphatic carbocycles. The van der Waals surface area contributed by atoms with Gasteiger partial charge in [-0.2, -0.15) is 0 Å². The zero-order valence-corrected chi connectivity index (χ0v) is 21.9. The lowest BCUT2D eigenvalue weighted by Crippen LogP contribution is -2.21. The molecule has 0 saturated heterocycles. The van der Waals surface area contributed by atoms with Crippen molar-refractivity contribution in [2.45, 2.75) is 153 Å². The molecule has 34 heavy (non-hydrogen) atoms. The summed E-state index contributed by atoms with van der Waals surface area (Å²) in [7, 11) is 0. The number of esters is 1. The molecule has 0 rings (SSSR count). The van der Waals surface area contributed by atoms with Crippen LogP contribution >= 0.6 is 0 Å². The highest BCUT2D eigenvalue weighted by atomic mass is 16.5. The Morgan fingerprint density at radius 2 is 0.824 bits per heavy atom. The molecule has 0 aliphatic heterocycles. The molecule has 0 aromatic heterocycles. The van der Waals surface area contributed by atoms with Gasteiger partial charge in [0.2, 0.25) is 0 Å². The van der Waals surface area contributed by atoms with Crippen molar-refractivity contribution in [1.29, 1.82) is 0 Å². The average Bonchev–Trinajstić information content (AvgIpc) is 2.85. The quantitative estimate of drug-likeness (QED) is 0.0857. The van der Waals surface area contributed by atoms with E-state index in [-0.39, 0.29) is 25.8 Å². The molecule has 0 aromatic rings. The fourth-order valence-electron chi connectivity index (χ4n) is 4.24. The molecule has 0 saturated carbocycles. The van der Waals surface area contributed by atoms with Crippen LogP contribution in [0, 0.1) is 0 Å². The predicted octanol–water partition coefficient (Wildman–Crippen LogP) is 5.82. The minimum absolute atomic E-state index is 0.105. The summed E-state index contributed by atoms with van der Waals surface area (Å²) in [6.45, 7) is -0.596. The lowest BCUT2D eigenvalue weighted by atomic mass is 10.0. The number of unbranched alkanes of at least 4 members (excludes halogenated alkanes) is 19. The molecular formula is C28H56O6. The van der Waals surface area contributed by atoms with Gasteiger partial charge in [-0.3, -0.25) is 4.79 Å². The SMILES string of the molecule is O=C(CCCCCCCCCCCCCCCCCCCCCCC(O)CO)OCC(O)CO. The molecule has 0 bridgehead atoms. The van der Waals surface area contributed by atoms with Gasteiger partial charge in [-0.05, 0) is 12.8 Å². The van der Waals surface area contributed by atoms with E-state index in [0.717, 1.165) is 25.7 Å². The second-order valence-corrected chi connectivity index (χ2v) is 9.97. The van der Waals surface area contributed by atoms with Crippen LogP contribution in [0.1, 0.15) is 141 Å².